The van der Waals surface area contributed by atoms with Crippen LogP contribution >= 0.6 is 0 Å². The molecule has 8 heteroatoms. The molecule has 1 aliphatic rings. The molecule has 0 aromatic rings. The van der Waals surface area contributed by atoms with Crippen molar-refractivity contribution in [3.8, 4) is 0 Å². The van der Waals surface area contributed by atoms with Crippen molar-refractivity contribution in [1.82, 2.24) is 10.0 Å². The number of nitrogens with one attached hydrogen (secondary N) is 2. The van der Waals surface area contributed by atoms with E-state index in [1.54, 1.807) is 0 Å². The van der Waals surface area contributed by atoms with E-state index in [9.17, 15) is 18.0 Å². The lowest BCUT2D eigenvalue weighted by atomic mass is 9.86. The van der Waals surface area contributed by atoms with Gasteiger partial charge < -0.3 is 10.1 Å². The summed E-state index contributed by atoms with van der Waals surface area (Å²) in [4.78, 5) is 23.7. The molecule has 7 nitrogen and oxygen atoms in total. The average molecular weight is 362 g/mol. The number of amides is 1. The van der Waals surface area contributed by atoms with Gasteiger partial charge in [-0.2, -0.15) is 0 Å². The molecule has 0 saturated heterocycles. The maximum Gasteiger partial charge on any atom is 0.324 e. The molecule has 0 bridgehead atoms. The second-order valence-electron chi connectivity index (χ2n) is 6.56. The van der Waals surface area contributed by atoms with Crippen molar-refractivity contribution in [2.45, 2.75) is 71.4 Å². The van der Waals surface area contributed by atoms with E-state index in [1.807, 2.05) is 6.92 Å². The van der Waals surface area contributed by atoms with Crippen LogP contribution in [0.25, 0.3) is 0 Å². The van der Waals surface area contributed by atoms with E-state index in [0.717, 1.165) is 25.7 Å². The number of hydrogen-bond donors (Lipinski definition) is 2. The fourth-order valence-corrected chi connectivity index (χ4v) is 4.17. The van der Waals surface area contributed by atoms with Gasteiger partial charge in [0.2, 0.25) is 10.0 Å². The Bertz CT molecular complexity index is 521. The van der Waals surface area contributed by atoms with E-state index in [1.165, 1.54) is 13.3 Å². The van der Waals surface area contributed by atoms with Crippen molar-refractivity contribution >= 4 is 21.9 Å². The van der Waals surface area contributed by atoms with Crippen LogP contribution in [-0.4, -0.2) is 44.7 Å². The first-order chi connectivity index (χ1) is 11.2. The van der Waals surface area contributed by atoms with Crippen molar-refractivity contribution < 1.29 is 22.7 Å². The Morgan fingerprint density at radius 1 is 1.25 bits per heavy atom. The van der Waals surface area contributed by atoms with Gasteiger partial charge in [-0.05, 0) is 32.1 Å². The molecule has 1 amide bonds. The Kier molecular flexibility index (Phi) is 8.69. The van der Waals surface area contributed by atoms with Crippen LogP contribution in [0.4, 0.5) is 0 Å². The zero-order valence-electron chi connectivity index (χ0n) is 14.8. The van der Waals surface area contributed by atoms with Gasteiger partial charge in [0.05, 0.1) is 5.75 Å². The highest BCUT2D eigenvalue weighted by Gasteiger charge is 2.25. The predicted octanol–water partition coefficient (Wildman–Crippen LogP) is 1.33. The molecule has 1 aliphatic carbocycles. The van der Waals surface area contributed by atoms with E-state index >= 15 is 0 Å². The van der Waals surface area contributed by atoms with E-state index in [4.69, 9.17) is 4.74 Å². The summed E-state index contributed by atoms with van der Waals surface area (Å²) in [6, 6.07) is -0.886. The van der Waals surface area contributed by atoms with Gasteiger partial charge >= 0.3 is 5.97 Å². The van der Waals surface area contributed by atoms with Crippen LogP contribution in [0.5, 0.6) is 0 Å². The summed E-state index contributed by atoms with van der Waals surface area (Å²) in [5, 5.41) is 2.88. The molecular formula is C16H30N2O5S. The van der Waals surface area contributed by atoms with E-state index in [0.29, 0.717) is 12.3 Å². The van der Waals surface area contributed by atoms with Crippen molar-refractivity contribution in [3.63, 3.8) is 0 Å². The summed E-state index contributed by atoms with van der Waals surface area (Å²) in [5.41, 5.74) is 0. The number of carbonyl (C=O) groups excluding carboxylic acids is 2. The number of esters is 1. The maximum atomic E-state index is 11.9. The topological polar surface area (TPSA) is 102 Å². The molecule has 0 heterocycles. The van der Waals surface area contributed by atoms with E-state index < -0.39 is 22.0 Å². The molecule has 2 N–H and O–H groups in total. The minimum absolute atomic E-state index is 0.0266. The zero-order valence-corrected chi connectivity index (χ0v) is 15.7. The fourth-order valence-electron chi connectivity index (χ4n) is 2.75. The Morgan fingerprint density at radius 3 is 2.54 bits per heavy atom. The van der Waals surface area contributed by atoms with Crippen molar-refractivity contribution in [2.24, 2.45) is 5.92 Å². The summed E-state index contributed by atoms with van der Waals surface area (Å²) >= 11 is 0. The summed E-state index contributed by atoms with van der Waals surface area (Å²) in [7, 11) is -3.51. The van der Waals surface area contributed by atoms with Crippen LogP contribution in [0, 0.1) is 5.92 Å². The molecule has 0 unspecified atom stereocenters. The van der Waals surface area contributed by atoms with Crippen molar-refractivity contribution in [1.29, 1.82) is 0 Å². The normalized spacial score (nSPS) is 22.6. The van der Waals surface area contributed by atoms with E-state index in [-0.39, 0.29) is 24.3 Å². The highest BCUT2D eigenvalue weighted by atomic mass is 32.2. The van der Waals surface area contributed by atoms with Gasteiger partial charge in [0, 0.05) is 6.04 Å². The molecule has 3 atom stereocenters. The molecule has 0 aromatic heterocycles. The number of ether oxygens (including phenoxy) is 1. The molecule has 0 aromatic carbocycles. The standard InChI is InChI=1S/C16H30N2O5S/c1-4-5-10-24(21,22)18-13(3)16(20)23-11-15(19)17-14-9-7-6-8-12(14)2/h12-14,18H,4-11H2,1-3H3,(H,17,19)/t12-,13-,14+/m0/s1. The molecule has 1 rings (SSSR count). The smallest absolute Gasteiger partial charge is 0.324 e. The largest absolute Gasteiger partial charge is 0.454 e. The SMILES string of the molecule is CCCCS(=O)(=O)N[C@@H](C)C(=O)OCC(=O)N[C@@H]1CCCC[C@@H]1C. The zero-order chi connectivity index (χ0) is 18.2. The molecule has 1 fully saturated rings. The van der Waals surface area contributed by atoms with Crippen LogP contribution < -0.4 is 10.0 Å². The highest BCUT2D eigenvalue weighted by molar-refractivity contribution is 7.89. The Balaban J connectivity index is 2.34. The molecule has 0 radical (unpaired) electrons. The third-order valence-electron chi connectivity index (χ3n) is 4.28. The molecule has 140 valence electrons. The maximum absolute atomic E-state index is 11.9. The first-order valence-electron chi connectivity index (χ1n) is 8.71. The third kappa shape index (κ3) is 7.61. The Hall–Kier alpha value is -1.15. The minimum atomic E-state index is -3.51. The first-order valence-corrected chi connectivity index (χ1v) is 10.4. The predicted molar refractivity (Wildman–Crippen MR) is 91.8 cm³/mol. The summed E-state index contributed by atoms with van der Waals surface area (Å²) < 4.78 is 30.7. The van der Waals surface area contributed by atoms with Gasteiger partial charge in [0.15, 0.2) is 6.61 Å². The van der Waals surface area contributed by atoms with Crippen molar-refractivity contribution in [3.05, 3.63) is 0 Å². The number of rotatable bonds is 9. The average Bonchev–Trinajstić information content (AvgIpc) is 2.52. The number of unbranched alkanes of at least 4 members (excludes halogenated alkanes) is 1. The fraction of sp³-hybridized carbons (Fsp3) is 0.875. The lowest BCUT2D eigenvalue weighted by Gasteiger charge is -2.29. The van der Waals surface area contributed by atoms with Crippen LogP contribution in [-0.2, 0) is 24.3 Å². The molecule has 0 spiro atoms. The van der Waals surface area contributed by atoms with Crippen LogP contribution in [0.3, 0.4) is 0 Å². The van der Waals surface area contributed by atoms with Crippen LogP contribution in [0.1, 0.15) is 59.3 Å². The number of sulfonamides is 1. The van der Waals surface area contributed by atoms with Gasteiger partial charge in [0.1, 0.15) is 6.04 Å². The van der Waals surface area contributed by atoms with E-state index in [2.05, 4.69) is 17.0 Å². The second kappa shape index (κ2) is 9.98. The van der Waals surface area contributed by atoms with Crippen molar-refractivity contribution in [2.75, 3.05) is 12.4 Å². The van der Waals surface area contributed by atoms with Gasteiger partial charge in [-0.15, -0.1) is 0 Å². The lowest BCUT2D eigenvalue weighted by molar-refractivity contribution is -0.150. The van der Waals surface area contributed by atoms with Crippen LogP contribution in [0.15, 0.2) is 0 Å². The number of carbonyl (C=O) groups is 2. The highest BCUT2D eigenvalue weighted by Crippen LogP contribution is 2.23. The second-order valence-corrected chi connectivity index (χ2v) is 8.43. The van der Waals surface area contributed by atoms with Gasteiger partial charge in [-0.25, -0.2) is 13.1 Å². The summed E-state index contributed by atoms with van der Waals surface area (Å²) in [6.07, 6.45) is 5.57. The number of hydrogen-bond acceptors (Lipinski definition) is 5. The van der Waals surface area contributed by atoms with Gasteiger partial charge in [0.25, 0.3) is 5.91 Å². The molecule has 1 saturated carbocycles. The summed E-state index contributed by atoms with van der Waals surface area (Å²) in [5.74, 6) is -0.700. The Morgan fingerprint density at radius 2 is 1.92 bits per heavy atom. The molecular weight excluding hydrogens is 332 g/mol. The first kappa shape index (κ1) is 20.9. The quantitative estimate of drug-likeness (QED) is 0.603. The Labute approximate surface area is 145 Å². The minimum Gasteiger partial charge on any atom is -0.454 e. The molecule has 24 heavy (non-hydrogen) atoms. The molecule has 0 aliphatic heterocycles. The summed E-state index contributed by atoms with van der Waals surface area (Å²) in [6.45, 7) is 5.01. The van der Waals surface area contributed by atoms with Gasteiger partial charge in [-0.1, -0.05) is 33.1 Å². The van der Waals surface area contributed by atoms with Crippen LogP contribution in [0.2, 0.25) is 0 Å². The monoisotopic (exact) mass is 362 g/mol. The lowest BCUT2D eigenvalue weighted by Crippen LogP contribution is -2.44. The van der Waals surface area contributed by atoms with Gasteiger partial charge in [-0.3, -0.25) is 9.59 Å². The third-order valence-corrected chi connectivity index (χ3v) is 5.82.